The van der Waals surface area contributed by atoms with Crippen molar-refractivity contribution in [1.29, 1.82) is 0 Å². The van der Waals surface area contributed by atoms with E-state index < -0.39 is 0 Å². The molecular formula is C12H18N4O. The summed E-state index contributed by atoms with van der Waals surface area (Å²) in [6, 6.07) is 1.89. The lowest BCUT2D eigenvalue weighted by molar-refractivity contribution is -0.128. The number of aryl methyl sites for hydroxylation is 1. The monoisotopic (exact) mass is 234 g/mol. The van der Waals surface area contributed by atoms with Gasteiger partial charge in [0, 0.05) is 24.8 Å². The van der Waals surface area contributed by atoms with E-state index in [1.165, 1.54) is 6.33 Å². The SMILES string of the molecule is CCc1cc(NCC(=O)N2CCCC2)ncn1. The van der Waals surface area contributed by atoms with Crippen LogP contribution in [0.2, 0.25) is 0 Å². The van der Waals surface area contributed by atoms with E-state index in [0.717, 1.165) is 43.9 Å². The van der Waals surface area contributed by atoms with Gasteiger partial charge in [-0.3, -0.25) is 4.79 Å². The first-order chi connectivity index (χ1) is 8.29. The predicted molar refractivity (Wildman–Crippen MR) is 65.7 cm³/mol. The van der Waals surface area contributed by atoms with E-state index in [1.54, 1.807) is 0 Å². The Bertz CT molecular complexity index is 388. The topological polar surface area (TPSA) is 58.1 Å². The summed E-state index contributed by atoms with van der Waals surface area (Å²) in [5, 5.41) is 3.05. The second-order valence-corrected chi connectivity index (χ2v) is 4.19. The molecule has 0 aliphatic carbocycles. The summed E-state index contributed by atoms with van der Waals surface area (Å²) in [5.41, 5.74) is 0.983. The molecule has 5 heteroatoms. The second kappa shape index (κ2) is 5.61. The Hall–Kier alpha value is -1.65. The van der Waals surface area contributed by atoms with Gasteiger partial charge >= 0.3 is 0 Å². The molecule has 0 saturated carbocycles. The molecule has 1 aromatic heterocycles. The minimum absolute atomic E-state index is 0.152. The van der Waals surface area contributed by atoms with E-state index in [1.807, 2.05) is 17.9 Å². The van der Waals surface area contributed by atoms with Gasteiger partial charge in [0.2, 0.25) is 5.91 Å². The van der Waals surface area contributed by atoms with Gasteiger partial charge in [-0.15, -0.1) is 0 Å². The number of nitrogens with zero attached hydrogens (tertiary/aromatic N) is 3. The van der Waals surface area contributed by atoms with Gasteiger partial charge in [-0.1, -0.05) is 6.92 Å². The molecule has 0 bridgehead atoms. The van der Waals surface area contributed by atoms with Gasteiger partial charge in [-0.05, 0) is 19.3 Å². The molecule has 1 fully saturated rings. The van der Waals surface area contributed by atoms with Gasteiger partial charge in [0.25, 0.3) is 0 Å². The summed E-state index contributed by atoms with van der Waals surface area (Å²) in [6.07, 6.45) is 4.65. The highest BCUT2D eigenvalue weighted by Crippen LogP contribution is 2.08. The number of hydrogen-bond donors (Lipinski definition) is 1. The summed E-state index contributed by atoms with van der Waals surface area (Å²) in [7, 11) is 0. The molecule has 0 atom stereocenters. The normalized spacial score (nSPS) is 15.0. The number of hydrogen-bond acceptors (Lipinski definition) is 4. The number of anilines is 1. The zero-order chi connectivity index (χ0) is 12.1. The Morgan fingerprint density at radius 3 is 2.88 bits per heavy atom. The molecule has 92 valence electrons. The van der Waals surface area contributed by atoms with Crippen molar-refractivity contribution in [2.24, 2.45) is 0 Å². The molecule has 0 spiro atoms. The van der Waals surface area contributed by atoms with E-state index in [0.29, 0.717) is 6.54 Å². The Balaban J connectivity index is 1.86. The minimum atomic E-state index is 0.152. The summed E-state index contributed by atoms with van der Waals surface area (Å²) in [6.45, 7) is 4.15. The van der Waals surface area contributed by atoms with Crippen LogP contribution in [0.5, 0.6) is 0 Å². The molecule has 1 aliphatic heterocycles. The van der Waals surface area contributed by atoms with Crippen molar-refractivity contribution in [2.45, 2.75) is 26.2 Å². The lowest BCUT2D eigenvalue weighted by Gasteiger charge is -2.15. The van der Waals surface area contributed by atoms with Crippen LogP contribution in [0.25, 0.3) is 0 Å². The number of aromatic nitrogens is 2. The van der Waals surface area contributed by atoms with Crippen LogP contribution in [0.3, 0.4) is 0 Å². The van der Waals surface area contributed by atoms with Gasteiger partial charge in [0.1, 0.15) is 12.1 Å². The lowest BCUT2D eigenvalue weighted by atomic mass is 10.3. The molecule has 1 saturated heterocycles. The Morgan fingerprint density at radius 1 is 1.41 bits per heavy atom. The molecule has 0 radical (unpaired) electrons. The quantitative estimate of drug-likeness (QED) is 0.846. The highest BCUT2D eigenvalue weighted by Gasteiger charge is 2.17. The first-order valence-corrected chi connectivity index (χ1v) is 6.12. The fraction of sp³-hybridized carbons (Fsp3) is 0.583. The number of nitrogens with one attached hydrogen (secondary N) is 1. The second-order valence-electron chi connectivity index (χ2n) is 4.19. The molecule has 5 nitrogen and oxygen atoms in total. The van der Waals surface area contributed by atoms with Gasteiger partial charge < -0.3 is 10.2 Å². The van der Waals surface area contributed by atoms with Crippen molar-refractivity contribution in [1.82, 2.24) is 14.9 Å². The van der Waals surface area contributed by atoms with E-state index in [-0.39, 0.29) is 5.91 Å². The molecule has 2 heterocycles. The predicted octanol–water partition coefficient (Wildman–Crippen LogP) is 1.07. The third-order valence-corrected chi connectivity index (χ3v) is 2.97. The Morgan fingerprint density at radius 2 is 2.18 bits per heavy atom. The number of carbonyl (C=O) groups excluding carboxylic acids is 1. The van der Waals surface area contributed by atoms with E-state index in [2.05, 4.69) is 15.3 Å². The fourth-order valence-corrected chi connectivity index (χ4v) is 1.93. The molecular weight excluding hydrogens is 216 g/mol. The zero-order valence-electron chi connectivity index (χ0n) is 10.1. The van der Waals surface area contributed by atoms with Crippen LogP contribution in [-0.2, 0) is 11.2 Å². The Labute approximate surface area is 101 Å². The number of rotatable bonds is 4. The summed E-state index contributed by atoms with van der Waals surface area (Å²) >= 11 is 0. The first-order valence-electron chi connectivity index (χ1n) is 6.12. The molecule has 17 heavy (non-hydrogen) atoms. The van der Waals surface area contributed by atoms with Gasteiger partial charge in [-0.25, -0.2) is 9.97 Å². The average Bonchev–Trinajstić information content (AvgIpc) is 2.90. The van der Waals surface area contributed by atoms with Gasteiger partial charge in [0.05, 0.1) is 6.54 Å². The largest absolute Gasteiger partial charge is 0.361 e. The molecule has 1 N–H and O–H groups in total. The third kappa shape index (κ3) is 3.15. The maximum Gasteiger partial charge on any atom is 0.241 e. The summed E-state index contributed by atoms with van der Waals surface area (Å²) in [5.74, 6) is 0.878. The van der Waals surface area contributed by atoms with Crippen molar-refractivity contribution >= 4 is 11.7 Å². The van der Waals surface area contributed by atoms with Crippen LogP contribution in [0.1, 0.15) is 25.5 Å². The lowest BCUT2D eigenvalue weighted by Crippen LogP contribution is -2.33. The van der Waals surface area contributed by atoms with E-state index in [4.69, 9.17) is 0 Å². The van der Waals surface area contributed by atoms with Crippen molar-refractivity contribution in [3.05, 3.63) is 18.1 Å². The Kier molecular flexibility index (Phi) is 3.90. The maximum atomic E-state index is 11.8. The molecule has 2 rings (SSSR count). The van der Waals surface area contributed by atoms with Crippen molar-refractivity contribution < 1.29 is 4.79 Å². The summed E-state index contributed by atoms with van der Waals surface area (Å²) < 4.78 is 0. The van der Waals surface area contributed by atoms with E-state index >= 15 is 0 Å². The standard InChI is InChI=1S/C12H18N4O/c1-2-10-7-11(15-9-14-10)13-8-12(17)16-5-3-4-6-16/h7,9H,2-6,8H2,1H3,(H,13,14,15). The molecule has 0 aromatic carbocycles. The fourth-order valence-electron chi connectivity index (χ4n) is 1.93. The molecule has 0 unspecified atom stereocenters. The van der Waals surface area contributed by atoms with Crippen LogP contribution in [0, 0.1) is 0 Å². The third-order valence-electron chi connectivity index (χ3n) is 2.97. The van der Waals surface area contributed by atoms with Crippen molar-refractivity contribution in [2.75, 3.05) is 25.0 Å². The van der Waals surface area contributed by atoms with Gasteiger partial charge in [0.15, 0.2) is 0 Å². The van der Waals surface area contributed by atoms with Crippen LogP contribution < -0.4 is 5.32 Å². The van der Waals surface area contributed by atoms with Crippen LogP contribution >= 0.6 is 0 Å². The van der Waals surface area contributed by atoms with Crippen LogP contribution in [0.4, 0.5) is 5.82 Å². The smallest absolute Gasteiger partial charge is 0.241 e. The molecule has 1 aromatic rings. The zero-order valence-corrected chi connectivity index (χ0v) is 10.1. The maximum absolute atomic E-state index is 11.8. The van der Waals surface area contributed by atoms with Crippen LogP contribution in [0.15, 0.2) is 12.4 Å². The molecule has 1 amide bonds. The first kappa shape index (κ1) is 11.8. The van der Waals surface area contributed by atoms with Gasteiger partial charge in [-0.2, -0.15) is 0 Å². The number of amides is 1. The highest BCUT2D eigenvalue weighted by molar-refractivity contribution is 5.80. The number of likely N-dealkylation sites (tertiary alicyclic amines) is 1. The average molecular weight is 234 g/mol. The van der Waals surface area contributed by atoms with E-state index in [9.17, 15) is 4.79 Å². The van der Waals surface area contributed by atoms with Crippen molar-refractivity contribution in [3.8, 4) is 0 Å². The van der Waals surface area contributed by atoms with Crippen LogP contribution in [-0.4, -0.2) is 40.4 Å². The highest BCUT2D eigenvalue weighted by atomic mass is 16.2. The number of carbonyl (C=O) groups is 1. The minimum Gasteiger partial charge on any atom is -0.361 e. The molecule has 1 aliphatic rings. The summed E-state index contributed by atoms with van der Waals surface area (Å²) in [4.78, 5) is 21.9. The van der Waals surface area contributed by atoms with Crippen molar-refractivity contribution in [3.63, 3.8) is 0 Å².